The fraction of sp³-hybridized carbons (Fsp3) is 0.111. The molecular formula is C18H13ClN2OS. The molecule has 23 heavy (non-hydrogen) atoms. The second-order valence-corrected chi connectivity index (χ2v) is 6.13. The quantitative estimate of drug-likeness (QED) is 0.492. The van der Waals surface area contributed by atoms with Gasteiger partial charge in [-0.2, -0.15) is 5.26 Å². The molecule has 114 valence electrons. The summed E-state index contributed by atoms with van der Waals surface area (Å²) in [5.74, 6) is 0.545. The molecular weight excluding hydrogens is 328 g/mol. The summed E-state index contributed by atoms with van der Waals surface area (Å²) < 4.78 is 5.74. The van der Waals surface area contributed by atoms with Gasteiger partial charge in [0, 0.05) is 15.8 Å². The fourth-order valence-electron chi connectivity index (χ4n) is 2.24. The van der Waals surface area contributed by atoms with Crippen molar-refractivity contribution < 1.29 is 4.74 Å². The van der Waals surface area contributed by atoms with Gasteiger partial charge in [0.15, 0.2) is 0 Å². The first kappa shape index (κ1) is 15.7. The van der Waals surface area contributed by atoms with Crippen LogP contribution in [-0.2, 0) is 6.61 Å². The third kappa shape index (κ3) is 3.42. The van der Waals surface area contributed by atoms with E-state index in [4.69, 9.17) is 21.6 Å². The van der Waals surface area contributed by atoms with Crippen LogP contribution in [-0.4, -0.2) is 11.2 Å². The minimum Gasteiger partial charge on any atom is -0.487 e. The number of benzene rings is 2. The standard InChI is InChI=1S/C18H13ClN2OS/c1-23-15-7-6-12-8-14(18(19)21-16(12)9-15)11-22-17-5-3-2-4-13(17)10-20/h2-9H,11H2,1H3. The molecule has 0 radical (unpaired) electrons. The molecule has 5 heteroatoms. The van der Waals surface area contributed by atoms with Crippen molar-refractivity contribution in [2.75, 3.05) is 6.26 Å². The van der Waals surface area contributed by atoms with Crippen molar-refractivity contribution in [3.05, 3.63) is 64.8 Å². The van der Waals surface area contributed by atoms with E-state index in [-0.39, 0.29) is 6.61 Å². The van der Waals surface area contributed by atoms with E-state index >= 15 is 0 Å². The lowest BCUT2D eigenvalue weighted by Gasteiger charge is -2.10. The highest BCUT2D eigenvalue weighted by molar-refractivity contribution is 7.98. The van der Waals surface area contributed by atoms with Gasteiger partial charge in [0.1, 0.15) is 23.6 Å². The Labute approximate surface area is 143 Å². The number of thioether (sulfide) groups is 1. The van der Waals surface area contributed by atoms with Gasteiger partial charge in [-0.3, -0.25) is 0 Å². The Balaban J connectivity index is 1.88. The minimum atomic E-state index is 0.269. The van der Waals surface area contributed by atoms with Gasteiger partial charge in [0.2, 0.25) is 0 Å². The average Bonchev–Trinajstić information content (AvgIpc) is 2.59. The third-order valence-corrected chi connectivity index (χ3v) is 4.49. The predicted molar refractivity (Wildman–Crippen MR) is 94.0 cm³/mol. The minimum absolute atomic E-state index is 0.269. The number of halogens is 1. The number of para-hydroxylation sites is 1. The zero-order valence-corrected chi connectivity index (χ0v) is 14.0. The van der Waals surface area contributed by atoms with E-state index in [0.29, 0.717) is 16.5 Å². The van der Waals surface area contributed by atoms with Crippen molar-refractivity contribution in [1.29, 1.82) is 5.26 Å². The number of pyridine rings is 1. The Morgan fingerprint density at radius 2 is 2.04 bits per heavy atom. The Morgan fingerprint density at radius 1 is 1.22 bits per heavy atom. The molecule has 0 aliphatic heterocycles. The number of hydrogen-bond donors (Lipinski definition) is 0. The molecule has 0 saturated carbocycles. The Bertz CT molecular complexity index is 905. The molecule has 0 aliphatic rings. The molecule has 1 heterocycles. The van der Waals surface area contributed by atoms with Gasteiger partial charge >= 0.3 is 0 Å². The second kappa shape index (κ2) is 6.91. The highest BCUT2D eigenvalue weighted by atomic mass is 35.5. The largest absolute Gasteiger partial charge is 0.487 e. The molecule has 3 aromatic rings. The van der Waals surface area contributed by atoms with Crippen LogP contribution in [0.3, 0.4) is 0 Å². The zero-order chi connectivity index (χ0) is 16.2. The van der Waals surface area contributed by atoms with Crippen LogP contribution in [0, 0.1) is 11.3 Å². The van der Waals surface area contributed by atoms with Crippen molar-refractivity contribution in [3.8, 4) is 11.8 Å². The molecule has 3 nitrogen and oxygen atoms in total. The topological polar surface area (TPSA) is 45.9 Å². The molecule has 0 saturated heterocycles. The number of rotatable bonds is 4. The average molecular weight is 341 g/mol. The van der Waals surface area contributed by atoms with Crippen LogP contribution in [0.4, 0.5) is 0 Å². The maximum atomic E-state index is 9.09. The predicted octanol–water partition coefficient (Wildman–Crippen LogP) is 5.06. The summed E-state index contributed by atoms with van der Waals surface area (Å²) in [6, 6.07) is 17.3. The normalized spacial score (nSPS) is 10.5. The second-order valence-electron chi connectivity index (χ2n) is 4.89. The van der Waals surface area contributed by atoms with Crippen LogP contribution in [0.15, 0.2) is 53.4 Å². The van der Waals surface area contributed by atoms with E-state index in [0.717, 1.165) is 21.4 Å². The Morgan fingerprint density at radius 3 is 2.83 bits per heavy atom. The van der Waals surface area contributed by atoms with Crippen LogP contribution in [0.25, 0.3) is 10.9 Å². The molecule has 2 aromatic carbocycles. The summed E-state index contributed by atoms with van der Waals surface area (Å²) in [6.07, 6.45) is 2.03. The van der Waals surface area contributed by atoms with Crippen LogP contribution in [0.1, 0.15) is 11.1 Å². The molecule has 3 rings (SSSR count). The SMILES string of the molecule is CSc1ccc2cc(COc3ccccc3C#N)c(Cl)nc2c1. The summed E-state index contributed by atoms with van der Waals surface area (Å²) in [7, 11) is 0. The monoisotopic (exact) mass is 340 g/mol. The lowest BCUT2D eigenvalue weighted by molar-refractivity contribution is 0.305. The maximum absolute atomic E-state index is 9.09. The molecule has 1 aromatic heterocycles. The molecule has 0 fully saturated rings. The van der Waals surface area contributed by atoms with E-state index in [9.17, 15) is 0 Å². The maximum Gasteiger partial charge on any atom is 0.137 e. The van der Waals surface area contributed by atoms with Gasteiger partial charge in [-0.05, 0) is 36.6 Å². The number of hydrogen-bond acceptors (Lipinski definition) is 4. The number of aromatic nitrogens is 1. The van der Waals surface area contributed by atoms with E-state index < -0.39 is 0 Å². The van der Waals surface area contributed by atoms with Crippen molar-refractivity contribution in [2.24, 2.45) is 0 Å². The van der Waals surface area contributed by atoms with Gasteiger partial charge < -0.3 is 4.74 Å². The zero-order valence-electron chi connectivity index (χ0n) is 12.4. The molecule has 0 aliphatic carbocycles. The van der Waals surface area contributed by atoms with Crippen molar-refractivity contribution in [2.45, 2.75) is 11.5 Å². The van der Waals surface area contributed by atoms with E-state index in [1.807, 2.05) is 30.5 Å². The van der Waals surface area contributed by atoms with Crippen LogP contribution in [0.2, 0.25) is 5.15 Å². The molecule has 0 spiro atoms. The van der Waals surface area contributed by atoms with E-state index in [1.54, 1.807) is 30.0 Å². The van der Waals surface area contributed by atoms with Gasteiger partial charge in [-0.25, -0.2) is 4.98 Å². The summed E-state index contributed by atoms with van der Waals surface area (Å²) in [4.78, 5) is 5.59. The van der Waals surface area contributed by atoms with Crippen LogP contribution < -0.4 is 4.74 Å². The fourth-order valence-corrected chi connectivity index (χ4v) is 2.87. The first-order chi connectivity index (χ1) is 11.2. The number of nitrogens with zero attached hydrogens (tertiary/aromatic N) is 2. The number of ether oxygens (including phenoxy) is 1. The lowest BCUT2D eigenvalue weighted by Crippen LogP contribution is -1.99. The van der Waals surface area contributed by atoms with Gasteiger partial charge in [0.25, 0.3) is 0 Å². The van der Waals surface area contributed by atoms with E-state index in [2.05, 4.69) is 17.1 Å². The summed E-state index contributed by atoms with van der Waals surface area (Å²) in [6.45, 7) is 0.269. The summed E-state index contributed by atoms with van der Waals surface area (Å²) >= 11 is 7.94. The third-order valence-electron chi connectivity index (χ3n) is 3.44. The lowest BCUT2D eigenvalue weighted by atomic mass is 10.1. The Kier molecular flexibility index (Phi) is 4.71. The molecule has 0 atom stereocenters. The Hall–Kier alpha value is -2.22. The molecule has 0 unspecified atom stereocenters. The van der Waals surface area contributed by atoms with Crippen molar-refractivity contribution in [3.63, 3.8) is 0 Å². The molecule has 0 bridgehead atoms. The molecule has 0 amide bonds. The highest BCUT2D eigenvalue weighted by Gasteiger charge is 2.08. The first-order valence-corrected chi connectivity index (χ1v) is 8.56. The van der Waals surface area contributed by atoms with Crippen LogP contribution >= 0.6 is 23.4 Å². The van der Waals surface area contributed by atoms with Crippen molar-refractivity contribution >= 4 is 34.3 Å². The number of nitriles is 1. The van der Waals surface area contributed by atoms with Gasteiger partial charge in [-0.1, -0.05) is 29.8 Å². The smallest absolute Gasteiger partial charge is 0.137 e. The summed E-state index contributed by atoms with van der Waals surface area (Å²) in [5, 5.41) is 10.5. The highest BCUT2D eigenvalue weighted by Crippen LogP contribution is 2.26. The van der Waals surface area contributed by atoms with Crippen LogP contribution in [0.5, 0.6) is 5.75 Å². The van der Waals surface area contributed by atoms with Gasteiger partial charge in [0.05, 0.1) is 11.1 Å². The molecule has 0 N–H and O–H groups in total. The van der Waals surface area contributed by atoms with E-state index in [1.165, 1.54) is 0 Å². The van der Waals surface area contributed by atoms with Gasteiger partial charge in [-0.15, -0.1) is 11.8 Å². The number of fused-ring (bicyclic) bond motifs is 1. The first-order valence-electron chi connectivity index (χ1n) is 6.96. The van der Waals surface area contributed by atoms with Crippen molar-refractivity contribution in [1.82, 2.24) is 4.98 Å². The summed E-state index contributed by atoms with van der Waals surface area (Å²) in [5.41, 5.74) is 2.16.